The van der Waals surface area contributed by atoms with E-state index in [0.29, 0.717) is 12.5 Å². The highest BCUT2D eigenvalue weighted by atomic mass is 16.5. The first-order chi connectivity index (χ1) is 10.6. The number of aliphatic hydroxyl groups excluding tert-OH is 1. The quantitative estimate of drug-likeness (QED) is 0.780. The van der Waals surface area contributed by atoms with E-state index in [0.717, 1.165) is 24.8 Å². The lowest BCUT2D eigenvalue weighted by Crippen LogP contribution is -2.48. The van der Waals surface area contributed by atoms with Gasteiger partial charge in [0.15, 0.2) is 0 Å². The molecule has 2 amide bonds. The van der Waals surface area contributed by atoms with Crippen LogP contribution in [0.2, 0.25) is 0 Å². The van der Waals surface area contributed by atoms with E-state index in [-0.39, 0.29) is 24.2 Å². The molecule has 3 N–H and O–H groups in total. The van der Waals surface area contributed by atoms with E-state index in [9.17, 15) is 9.90 Å². The molecule has 120 valence electrons. The average molecular weight is 304 g/mol. The molecule has 0 aromatic heterocycles. The number of fused-ring (bicyclic) bond motifs is 2. The van der Waals surface area contributed by atoms with Crippen molar-refractivity contribution in [1.29, 1.82) is 0 Å². The summed E-state index contributed by atoms with van der Waals surface area (Å²) in [6.07, 6.45) is 3.50. The number of amides is 2. The Morgan fingerprint density at radius 2 is 2.14 bits per heavy atom. The van der Waals surface area contributed by atoms with Crippen molar-refractivity contribution in [1.82, 2.24) is 10.6 Å². The Morgan fingerprint density at radius 1 is 1.36 bits per heavy atom. The fourth-order valence-corrected chi connectivity index (χ4v) is 3.43. The van der Waals surface area contributed by atoms with Crippen molar-refractivity contribution in [3.8, 4) is 0 Å². The number of hydrogen-bond acceptors (Lipinski definition) is 3. The zero-order valence-corrected chi connectivity index (χ0v) is 12.9. The van der Waals surface area contributed by atoms with Crippen LogP contribution < -0.4 is 10.6 Å². The van der Waals surface area contributed by atoms with Gasteiger partial charge in [-0.1, -0.05) is 30.3 Å². The van der Waals surface area contributed by atoms with Gasteiger partial charge in [0.05, 0.1) is 24.4 Å². The van der Waals surface area contributed by atoms with E-state index in [1.54, 1.807) is 0 Å². The molecule has 2 bridgehead atoms. The Morgan fingerprint density at radius 3 is 2.77 bits per heavy atom. The van der Waals surface area contributed by atoms with E-state index < -0.39 is 6.10 Å². The molecule has 5 heteroatoms. The van der Waals surface area contributed by atoms with E-state index >= 15 is 0 Å². The van der Waals surface area contributed by atoms with Gasteiger partial charge in [-0.2, -0.15) is 0 Å². The van der Waals surface area contributed by atoms with Crippen LogP contribution in [0.3, 0.4) is 0 Å². The van der Waals surface area contributed by atoms with Crippen LogP contribution in [0, 0.1) is 0 Å². The van der Waals surface area contributed by atoms with Crippen LogP contribution in [0.25, 0.3) is 0 Å². The van der Waals surface area contributed by atoms with Crippen molar-refractivity contribution in [2.24, 2.45) is 0 Å². The Balaban J connectivity index is 1.43. The summed E-state index contributed by atoms with van der Waals surface area (Å²) in [7, 11) is 0. The van der Waals surface area contributed by atoms with Gasteiger partial charge in [0.25, 0.3) is 0 Å². The molecule has 5 nitrogen and oxygen atoms in total. The fourth-order valence-electron chi connectivity index (χ4n) is 3.43. The molecule has 0 radical (unpaired) electrons. The molecule has 3 rings (SSSR count). The largest absolute Gasteiger partial charge is 0.388 e. The number of nitrogens with one attached hydrogen (secondary N) is 2. The van der Waals surface area contributed by atoms with Crippen molar-refractivity contribution in [3.63, 3.8) is 0 Å². The lowest BCUT2D eigenvalue weighted by Gasteiger charge is -2.23. The van der Waals surface area contributed by atoms with Gasteiger partial charge in [-0.15, -0.1) is 0 Å². The molecule has 0 aliphatic carbocycles. The smallest absolute Gasteiger partial charge is 0.315 e. The second kappa shape index (κ2) is 6.67. The predicted octanol–water partition coefficient (Wildman–Crippen LogP) is 2.12. The highest BCUT2D eigenvalue weighted by Gasteiger charge is 2.41. The molecule has 1 aromatic rings. The second-order valence-electron chi connectivity index (χ2n) is 6.40. The summed E-state index contributed by atoms with van der Waals surface area (Å²) in [6.45, 7) is 1.91. The number of carbonyl (C=O) groups is 1. The first-order valence-corrected chi connectivity index (χ1v) is 8.07. The maximum atomic E-state index is 12.0. The first-order valence-electron chi connectivity index (χ1n) is 8.07. The minimum Gasteiger partial charge on any atom is -0.388 e. The maximum Gasteiger partial charge on any atom is 0.315 e. The van der Waals surface area contributed by atoms with Gasteiger partial charge in [0, 0.05) is 6.04 Å². The molecule has 2 heterocycles. The Bertz CT molecular complexity index is 508. The Labute approximate surface area is 131 Å². The second-order valence-corrected chi connectivity index (χ2v) is 6.40. The number of aliphatic hydroxyl groups is 1. The number of rotatable bonds is 5. The van der Waals surface area contributed by atoms with Gasteiger partial charge < -0.3 is 20.5 Å². The van der Waals surface area contributed by atoms with Crippen LogP contribution >= 0.6 is 0 Å². The van der Waals surface area contributed by atoms with Crippen molar-refractivity contribution >= 4 is 6.03 Å². The SMILES string of the molecule is CC(CC(O)c1ccccc1)NC(=O)NC1CC2CCC1O2. The zero-order chi connectivity index (χ0) is 15.5. The summed E-state index contributed by atoms with van der Waals surface area (Å²) < 4.78 is 5.73. The molecule has 2 aliphatic heterocycles. The first kappa shape index (κ1) is 15.3. The van der Waals surface area contributed by atoms with Gasteiger partial charge in [-0.25, -0.2) is 4.79 Å². The third kappa shape index (κ3) is 3.59. The monoisotopic (exact) mass is 304 g/mol. The molecule has 22 heavy (non-hydrogen) atoms. The van der Waals surface area contributed by atoms with Gasteiger partial charge in [0.2, 0.25) is 0 Å². The molecule has 2 aliphatic rings. The van der Waals surface area contributed by atoms with Crippen LogP contribution in [0.5, 0.6) is 0 Å². The van der Waals surface area contributed by atoms with Gasteiger partial charge in [-0.3, -0.25) is 0 Å². The zero-order valence-electron chi connectivity index (χ0n) is 12.9. The molecular weight excluding hydrogens is 280 g/mol. The van der Waals surface area contributed by atoms with E-state index in [1.807, 2.05) is 37.3 Å². The normalized spacial score (nSPS) is 29.1. The predicted molar refractivity (Wildman–Crippen MR) is 83.4 cm³/mol. The molecule has 5 unspecified atom stereocenters. The van der Waals surface area contributed by atoms with Crippen molar-refractivity contribution in [3.05, 3.63) is 35.9 Å². The minimum absolute atomic E-state index is 0.102. The highest BCUT2D eigenvalue weighted by Crippen LogP contribution is 2.34. The van der Waals surface area contributed by atoms with Crippen molar-refractivity contribution < 1.29 is 14.6 Å². The summed E-state index contributed by atoms with van der Waals surface area (Å²) in [4.78, 5) is 12.0. The number of carbonyl (C=O) groups excluding carboxylic acids is 1. The number of hydrogen-bond donors (Lipinski definition) is 3. The van der Waals surface area contributed by atoms with Crippen molar-refractivity contribution in [2.75, 3.05) is 0 Å². The van der Waals surface area contributed by atoms with Crippen LogP contribution in [0.1, 0.15) is 44.3 Å². The molecule has 0 saturated carbocycles. The van der Waals surface area contributed by atoms with E-state index in [2.05, 4.69) is 10.6 Å². The fraction of sp³-hybridized carbons (Fsp3) is 0.588. The topological polar surface area (TPSA) is 70.6 Å². The number of urea groups is 1. The highest BCUT2D eigenvalue weighted by molar-refractivity contribution is 5.74. The molecule has 2 fully saturated rings. The third-order valence-corrected chi connectivity index (χ3v) is 4.56. The van der Waals surface area contributed by atoms with Gasteiger partial charge >= 0.3 is 6.03 Å². The third-order valence-electron chi connectivity index (χ3n) is 4.56. The van der Waals surface area contributed by atoms with E-state index in [1.165, 1.54) is 0 Å². The molecule has 1 aromatic carbocycles. The van der Waals surface area contributed by atoms with Crippen molar-refractivity contribution in [2.45, 2.75) is 63.0 Å². The van der Waals surface area contributed by atoms with Crippen LogP contribution in [0.4, 0.5) is 4.79 Å². The molecule has 5 atom stereocenters. The lowest BCUT2D eigenvalue weighted by molar-refractivity contribution is 0.0979. The summed E-state index contributed by atoms with van der Waals surface area (Å²) >= 11 is 0. The average Bonchev–Trinajstić information content (AvgIpc) is 3.10. The Kier molecular flexibility index (Phi) is 4.64. The van der Waals surface area contributed by atoms with Crippen LogP contribution in [-0.4, -0.2) is 35.4 Å². The molecule has 0 spiro atoms. The minimum atomic E-state index is -0.567. The number of ether oxygens (including phenoxy) is 1. The molecular formula is C17H24N2O3. The van der Waals surface area contributed by atoms with Gasteiger partial charge in [-0.05, 0) is 38.2 Å². The number of benzene rings is 1. The summed E-state index contributed by atoms with van der Waals surface area (Å²) in [5.41, 5.74) is 0.873. The van der Waals surface area contributed by atoms with Crippen LogP contribution in [0.15, 0.2) is 30.3 Å². The van der Waals surface area contributed by atoms with Gasteiger partial charge in [0.1, 0.15) is 0 Å². The summed E-state index contributed by atoms with van der Waals surface area (Å²) in [5, 5.41) is 16.1. The molecule has 2 saturated heterocycles. The summed E-state index contributed by atoms with van der Waals surface area (Å²) in [6, 6.07) is 9.36. The Hall–Kier alpha value is -1.59. The lowest BCUT2D eigenvalue weighted by atomic mass is 9.96. The van der Waals surface area contributed by atoms with Crippen LogP contribution in [-0.2, 0) is 4.74 Å². The standard InChI is InChI=1S/C17H24N2O3/c1-11(9-15(20)12-5-3-2-4-6-12)18-17(21)19-14-10-13-7-8-16(14)22-13/h2-6,11,13-16,20H,7-10H2,1H3,(H2,18,19,21). The van der Waals surface area contributed by atoms with E-state index in [4.69, 9.17) is 4.74 Å². The summed E-state index contributed by atoms with van der Waals surface area (Å²) in [5.74, 6) is 0. The maximum absolute atomic E-state index is 12.0.